The third-order valence-electron chi connectivity index (χ3n) is 3.73. The minimum atomic E-state index is 0.152. The van der Waals surface area contributed by atoms with Gasteiger partial charge in [0.05, 0.1) is 25.9 Å². The molecule has 1 aromatic carbocycles. The van der Waals surface area contributed by atoms with E-state index in [0.29, 0.717) is 0 Å². The van der Waals surface area contributed by atoms with E-state index in [0.717, 1.165) is 30.1 Å². The van der Waals surface area contributed by atoms with Crippen molar-refractivity contribution in [2.75, 3.05) is 13.7 Å². The zero-order valence-corrected chi connectivity index (χ0v) is 12.5. The molecule has 0 N–H and O–H groups in total. The highest BCUT2D eigenvalue weighted by Gasteiger charge is 2.41. The lowest BCUT2D eigenvalue weighted by atomic mass is 9.79. The summed E-state index contributed by atoms with van der Waals surface area (Å²) in [6.07, 6.45) is 1.32. The summed E-state index contributed by atoms with van der Waals surface area (Å²) in [6, 6.07) is 6.09. The summed E-state index contributed by atoms with van der Waals surface area (Å²) in [4.78, 5) is 0. The molecule has 1 fully saturated rings. The molecule has 0 radical (unpaired) electrons. The third kappa shape index (κ3) is 2.86. The second kappa shape index (κ2) is 5.41. The maximum Gasteiger partial charge on any atom is 0.161 e. The van der Waals surface area contributed by atoms with E-state index in [4.69, 9.17) is 14.2 Å². The van der Waals surface area contributed by atoms with Crippen LogP contribution in [0.3, 0.4) is 0 Å². The summed E-state index contributed by atoms with van der Waals surface area (Å²) in [5.74, 6) is 1.59. The molecule has 1 aliphatic heterocycles. The summed E-state index contributed by atoms with van der Waals surface area (Å²) in [7, 11) is 1.68. The Hall–Kier alpha value is -1.22. The van der Waals surface area contributed by atoms with Crippen LogP contribution in [0, 0.1) is 5.41 Å². The number of ether oxygens (including phenoxy) is 3. The lowest BCUT2D eigenvalue weighted by Crippen LogP contribution is -2.40. The van der Waals surface area contributed by atoms with Gasteiger partial charge in [0.25, 0.3) is 0 Å². The van der Waals surface area contributed by atoms with E-state index in [1.807, 2.05) is 12.1 Å². The van der Waals surface area contributed by atoms with Gasteiger partial charge in [-0.05, 0) is 31.0 Å². The van der Waals surface area contributed by atoms with Crippen molar-refractivity contribution in [2.24, 2.45) is 5.41 Å². The molecule has 2 rings (SSSR count). The van der Waals surface area contributed by atoms with E-state index in [9.17, 15) is 0 Å². The Balaban J connectivity index is 2.21. The molecule has 0 saturated carbocycles. The zero-order valence-electron chi connectivity index (χ0n) is 12.5. The molecule has 3 nitrogen and oxygen atoms in total. The fourth-order valence-electron chi connectivity index (χ4n) is 2.29. The molecular weight excluding hydrogens is 240 g/mol. The summed E-state index contributed by atoms with van der Waals surface area (Å²) in [5, 5.41) is 0. The first-order chi connectivity index (χ1) is 8.97. The van der Waals surface area contributed by atoms with Gasteiger partial charge in [-0.25, -0.2) is 0 Å². The number of methoxy groups -OCH3 is 1. The molecule has 3 heteroatoms. The van der Waals surface area contributed by atoms with Crippen LogP contribution in [-0.2, 0) is 4.74 Å². The number of rotatable bonds is 5. The average molecular weight is 264 g/mol. The van der Waals surface area contributed by atoms with E-state index < -0.39 is 0 Å². The molecular formula is C16H24O3. The van der Waals surface area contributed by atoms with Gasteiger partial charge in [-0.3, -0.25) is 0 Å². The van der Waals surface area contributed by atoms with Crippen molar-refractivity contribution >= 4 is 0 Å². The van der Waals surface area contributed by atoms with Crippen molar-refractivity contribution in [3.05, 3.63) is 23.8 Å². The van der Waals surface area contributed by atoms with Crippen molar-refractivity contribution in [3.63, 3.8) is 0 Å². The topological polar surface area (TPSA) is 27.7 Å². The maximum atomic E-state index is 5.86. The fourth-order valence-corrected chi connectivity index (χ4v) is 2.29. The van der Waals surface area contributed by atoms with Crippen molar-refractivity contribution in [3.8, 4) is 11.5 Å². The van der Waals surface area contributed by atoms with Crippen molar-refractivity contribution in [2.45, 2.75) is 46.3 Å². The fraction of sp³-hybridized carbons (Fsp3) is 0.625. The van der Waals surface area contributed by atoms with Gasteiger partial charge in [-0.1, -0.05) is 26.8 Å². The Morgan fingerprint density at radius 2 is 2.11 bits per heavy atom. The van der Waals surface area contributed by atoms with Gasteiger partial charge in [-0.15, -0.1) is 0 Å². The second-order valence-electron chi connectivity index (χ2n) is 5.93. The standard InChI is InChI=1S/C16H24O3/c1-6-11(2)19-13-8-7-12(9-14(13)17-5)15-16(3,4)10-18-15/h7-9,11,15H,6,10H2,1-5H3. The SMILES string of the molecule is CCC(C)Oc1ccc(C2OCC2(C)C)cc1OC. The lowest BCUT2D eigenvalue weighted by molar-refractivity contribution is -0.172. The van der Waals surface area contributed by atoms with Crippen LogP contribution in [0.2, 0.25) is 0 Å². The van der Waals surface area contributed by atoms with Gasteiger partial charge in [-0.2, -0.15) is 0 Å². The highest BCUT2D eigenvalue weighted by Crippen LogP contribution is 2.47. The van der Waals surface area contributed by atoms with E-state index in [2.05, 4.69) is 33.8 Å². The quantitative estimate of drug-likeness (QED) is 0.805. The smallest absolute Gasteiger partial charge is 0.161 e. The molecule has 0 bridgehead atoms. The van der Waals surface area contributed by atoms with Gasteiger partial charge in [0, 0.05) is 5.41 Å². The molecule has 2 unspecified atom stereocenters. The monoisotopic (exact) mass is 264 g/mol. The first kappa shape index (κ1) is 14.2. The first-order valence-corrected chi connectivity index (χ1v) is 6.94. The van der Waals surface area contributed by atoms with Crippen LogP contribution in [0.4, 0.5) is 0 Å². The minimum absolute atomic E-state index is 0.152. The van der Waals surface area contributed by atoms with Gasteiger partial charge in [0.2, 0.25) is 0 Å². The van der Waals surface area contributed by atoms with Gasteiger partial charge < -0.3 is 14.2 Å². The summed E-state index contributed by atoms with van der Waals surface area (Å²) in [6.45, 7) is 9.42. The molecule has 0 spiro atoms. The molecule has 2 atom stereocenters. The van der Waals surface area contributed by atoms with Crippen LogP contribution in [0.5, 0.6) is 11.5 Å². The second-order valence-corrected chi connectivity index (χ2v) is 5.93. The van der Waals surface area contributed by atoms with E-state index in [1.165, 1.54) is 0 Å². The molecule has 1 heterocycles. The average Bonchev–Trinajstić information content (AvgIpc) is 2.39. The van der Waals surface area contributed by atoms with Crippen molar-refractivity contribution in [1.82, 2.24) is 0 Å². The minimum Gasteiger partial charge on any atom is -0.493 e. The zero-order chi connectivity index (χ0) is 14.0. The van der Waals surface area contributed by atoms with Crippen LogP contribution in [-0.4, -0.2) is 19.8 Å². The Morgan fingerprint density at radius 3 is 2.58 bits per heavy atom. The Morgan fingerprint density at radius 1 is 1.37 bits per heavy atom. The molecule has 0 amide bonds. The predicted octanol–water partition coefficient (Wildman–Crippen LogP) is 3.97. The molecule has 19 heavy (non-hydrogen) atoms. The normalized spacial score (nSPS) is 22.5. The highest BCUT2D eigenvalue weighted by atomic mass is 16.5. The maximum absolute atomic E-state index is 5.86. The number of hydrogen-bond donors (Lipinski definition) is 0. The van der Waals surface area contributed by atoms with Crippen molar-refractivity contribution < 1.29 is 14.2 Å². The molecule has 1 aliphatic rings. The summed E-state index contributed by atoms with van der Waals surface area (Å²) >= 11 is 0. The molecule has 106 valence electrons. The summed E-state index contributed by atoms with van der Waals surface area (Å²) < 4.78 is 17.0. The molecule has 1 aromatic rings. The van der Waals surface area contributed by atoms with Crippen LogP contribution < -0.4 is 9.47 Å². The first-order valence-electron chi connectivity index (χ1n) is 6.94. The van der Waals surface area contributed by atoms with Gasteiger partial charge >= 0.3 is 0 Å². The van der Waals surface area contributed by atoms with Crippen LogP contribution >= 0.6 is 0 Å². The molecule has 0 aromatic heterocycles. The van der Waals surface area contributed by atoms with Crippen LogP contribution in [0.1, 0.15) is 45.8 Å². The largest absolute Gasteiger partial charge is 0.493 e. The third-order valence-corrected chi connectivity index (χ3v) is 3.73. The van der Waals surface area contributed by atoms with E-state index >= 15 is 0 Å². The molecule has 1 saturated heterocycles. The predicted molar refractivity (Wildman–Crippen MR) is 75.8 cm³/mol. The number of hydrogen-bond acceptors (Lipinski definition) is 3. The van der Waals surface area contributed by atoms with Crippen molar-refractivity contribution in [1.29, 1.82) is 0 Å². The Kier molecular flexibility index (Phi) is 4.04. The summed E-state index contributed by atoms with van der Waals surface area (Å²) in [5.41, 5.74) is 1.36. The molecule has 0 aliphatic carbocycles. The highest BCUT2D eigenvalue weighted by molar-refractivity contribution is 5.44. The lowest BCUT2D eigenvalue weighted by Gasteiger charge is -2.44. The Labute approximate surface area is 115 Å². The number of benzene rings is 1. The van der Waals surface area contributed by atoms with Crippen LogP contribution in [0.15, 0.2) is 18.2 Å². The van der Waals surface area contributed by atoms with Gasteiger partial charge in [0.1, 0.15) is 0 Å². The Bertz CT molecular complexity index is 440. The van der Waals surface area contributed by atoms with Crippen LogP contribution in [0.25, 0.3) is 0 Å². The van der Waals surface area contributed by atoms with E-state index in [-0.39, 0.29) is 17.6 Å². The van der Waals surface area contributed by atoms with E-state index in [1.54, 1.807) is 7.11 Å². The van der Waals surface area contributed by atoms with Gasteiger partial charge in [0.15, 0.2) is 11.5 Å².